The predicted octanol–water partition coefficient (Wildman–Crippen LogP) is 5.80. The number of likely N-dealkylation sites (N-methyl/N-ethyl adjacent to an activating group) is 1. The summed E-state index contributed by atoms with van der Waals surface area (Å²) in [6, 6.07) is 16.2. The molecule has 45 heavy (non-hydrogen) atoms. The molecule has 0 radical (unpaired) electrons. The molecule has 1 fully saturated rings. The van der Waals surface area contributed by atoms with Crippen molar-refractivity contribution in [3.8, 4) is 28.4 Å². The Morgan fingerprint density at radius 1 is 1.07 bits per heavy atom. The molecule has 0 bridgehead atoms. The minimum Gasteiger partial charge on any atom is -0.481 e. The molecule has 3 heterocycles. The Labute approximate surface area is 271 Å². The lowest BCUT2D eigenvalue weighted by Gasteiger charge is -2.18. The Morgan fingerprint density at radius 3 is 2.62 bits per heavy atom. The van der Waals surface area contributed by atoms with E-state index in [4.69, 9.17) is 32.9 Å². The van der Waals surface area contributed by atoms with Crippen LogP contribution in [0.25, 0.3) is 22.5 Å². The number of carbonyl (C=O) groups excluding carboxylic acids is 1. The number of anilines is 2. The molecule has 12 heteroatoms. The van der Waals surface area contributed by atoms with Gasteiger partial charge in [-0.05, 0) is 37.7 Å². The fourth-order valence-corrected chi connectivity index (χ4v) is 5.84. The summed E-state index contributed by atoms with van der Waals surface area (Å²) in [6.45, 7) is 1.95. The number of ether oxygens (including phenoxy) is 1. The molecule has 4 aromatic rings. The molecule has 0 saturated carbocycles. The topological polar surface area (TPSA) is 112 Å². The number of halogens is 3. The molecule has 1 saturated heterocycles. The quantitative estimate of drug-likeness (QED) is 0.143. The average molecular weight is 654 g/mol. The highest BCUT2D eigenvalue weighted by molar-refractivity contribution is 6.39. The zero-order chi connectivity index (χ0) is 31.9. The predicted molar refractivity (Wildman–Crippen MR) is 175 cm³/mol. The molecule has 1 aliphatic heterocycles. The van der Waals surface area contributed by atoms with Crippen molar-refractivity contribution in [1.82, 2.24) is 25.5 Å². The second-order valence-corrected chi connectivity index (χ2v) is 11.6. The third-order valence-electron chi connectivity index (χ3n) is 7.61. The van der Waals surface area contributed by atoms with E-state index in [-0.39, 0.29) is 24.2 Å². The van der Waals surface area contributed by atoms with Gasteiger partial charge in [0.2, 0.25) is 11.8 Å². The number of methoxy groups -OCH3 is 1. The molecule has 9 nitrogen and oxygen atoms in total. The van der Waals surface area contributed by atoms with E-state index in [0.717, 1.165) is 12.0 Å². The summed E-state index contributed by atoms with van der Waals surface area (Å²) in [5.74, 6) is 0.147. The number of nitrogens with one attached hydrogen (secondary N) is 3. The summed E-state index contributed by atoms with van der Waals surface area (Å²) in [4.78, 5) is 22.5. The van der Waals surface area contributed by atoms with E-state index in [1.165, 1.54) is 0 Å². The number of rotatable bonds is 13. The van der Waals surface area contributed by atoms with Gasteiger partial charge >= 0.3 is 0 Å². The van der Waals surface area contributed by atoms with E-state index in [0.29, 0.717) is 82.3 Å². The largest absolute Gasteiger partial charge is 0.481 e. The van der Waals surface area contributed by atoms with E-state index in [1.54, 1.807) is 55.8 Å². The molecule has 0 aliphatic carbocycles. The summed E-state index contributed by atoms with van der Waals surface area (Å²) in [5.41, 5.74) is 4.40. The van der Waals surface area contributed by atoms with Crippen LogP contribution in [-0.2, 0) is 17.9 Å². The first-order chi connectivity index (χ1) is 21.8. The number of nitrogens with zero attached hydrogens (tertiary/aromatic N) is 3. The van der Waals surface area contributed by atoms with Gasteiger partial charge in [0.1, 0.15) is 0 Å². The Kier molecular flexibility index (Phi) is 10.9. The molecule has 1 amide bonds. The zero-order valence-electron chi connectivity index (χ0n) is 25.0. The van der Waals surface area contributed by atoms with Gasteiger partial charge in [-0.2, -0.15) is 0 Å². The lowest BCUT2D eigenvalue weighted by Crippen LogP contribution is -2.35. The summed E-state index contributed by atoms with van der Waals surface area (Å²) in [7, 11) is 3.38. The van der Waals surface area contributed by atoms with Crippen LogP contribution in [0.15, 0.2) is 60.8 Å². The fourth-order valence-electron chi connectivity index (χ4n) is 5.27. The van der Waals surface area contributed by atoms with Crippen LogP contribution in [0.3, 0.4) is 0 Å². The maximum absolute atomic E-state index is 15.4. The highest BCUT2D eigenvalue weighted by atomic mass is 35.5. The maximum atomic E-state index is 15.4. The van der Waals surface area contributed by atoms with Gasteiger partial charge in [-0.25, -0.2) is 9.37 Å². The van der Waals surface area contributed by atoms with Gasteiger partial charge in [0, 0.05) is 67.1 Å². The minimum absolute atomic E-state index is 0.00800. The number of hydrogen-bond acceptors (Lipinski definition) is 8. The average Bonchev–Trinajstić information content (AvgIpc) is 3.45. The number of aliphatic hydroxyl groups excluding tert-OH is 1. The van der Waals surface area contributed by atoms with Crippen molar-refractivity contribution in [3.05, 3.63) is 87.8 Å². The lowest BCUT2D eigenvalue weighted by atomic mass is 10.0. The number of aliphatic hydroxyl groups is 1. The Bertz CT molecular complexity index is 1670. The van der Waals surface area contributed by atoms with E-state index >= 15 is 4.39 Å². The molecule has 0 spiro atoms. The molecule has 1 aliphatic rings. The number of aromatic nitrogens is 2. The zero-order valence-corrected chi connectivity index (χ0v) is 26.6. The van der Waals surface area contributed by atoms with Gasteiger partial charge in [-0.1, -0.05) is 53.5 Å². The van der Waals surface area contributed by atoms with Crippen LogP contribution in [0.4, 0.5) is 15.8 Å². The van der Waals surface area contributed by atoms with Crippen molar-refractivity contribution >= 4 is 40.5 Å². The number of amides is 1. The lowest BCUT2D eigenvalue weighted by molar-refractivity contribution is -0.119. The maximum Gasteiger partial charge on any atom is 0.220 e. The molecule has 2 aromatic heterocycles. The van der Waals surface area contributed by atoms with E-state index < -0.39 is 5.82 Å². The first kappa shape index (κ1) is 32.6. The molecule has 236 valence electrons. The van der Waals surface area contributed by atoms with Crippen LogP contribution >= 0.6 is 23.2 Å². The van der Waals surface area contributed by atoms with Crippen LogP contribution in [0, 0.1) is 5.82 Å². The SMILES string of the molecule is COc1nc(-c2ccnc(-c3cccc(Nc4cccc(CN(C)CCO)c4F)c3Cl)c2Cl)ccc1CNCC1CCC(=O)N1. The van der Waals surface area contributed by atoms with Gasteiger partial charge in [0.25, 0.3) is 0 Å². The highest BCUT2D eigenvalue weighted by Crippen LogP contribution is 2.41. The minimum atomic E-state index is -0.397. The van der Waals surface area contributed by atoms with Crippen LogP contribution in [0.1, 0.15) is 24.0 Å². The smallest absolute Gasteiger partial charge is 0.220 e. The Hall–Kier alpha value is -3.80. The molecular formula is C33H35Cl2FN6O3. The standard InChI is InChI=1S/C33H35Cl2FN6O3/c1-42(15-16-43)19-21-5-3-8-27(31(21)36)40-26-7-4-6-24(29(26)34)32-30(35)23(13-14-38-32)25-11-9-20(33(41-25)45-2)17-37-18-22-10-12-28(44)39-22/h3-9,11,13-14,22,37,40,43H,10,12,15-19H2,1-2H3,(H,39,44). The number of carbonyl (C=O) groups is 1. The third-order valence-corrected chi connectivity index (χ3v) is 8.40. The number of pyridine rings is 2. The normalized spacial score (nSPS) is 14.6. The van der Waals surface area contributed by atoms with E-state index in [1.807, 2.05) is 24.1 Å². The van der Waals surface area contributed by atoms with Crippen molar-refractivity contribution in [1.29, 1.82) is 0 Å². The Morgan fingerprint density at radius 2 is 1.87 bits per heavy atom. The van der Waals surface area contributed by atoms with Gasteiger partial charge in [-0.15, -0.1) is 0 Å². The second-order valence-electron chi connectivity index (χ2n) is 10.9. The highest BCUT2D eigenvalue weighted by Gasteiger charge is 2.21. The summed E-state index contributed by atoms with van der Waals surface area (Å²) in [6.07, 6.45) is 3.02. The molecule has 4 N–H and O–H groups in total. The van der Waals surface area contributed by atoms with Crippen LogP contribution in [0.2, 0.25) is 10.0 Å². The van der Waals surface area contributed by atoms with E-state index in [2.05, 4.69) is 20.9 Å². The van der Waals surface area contributed by atoms with Gasteiger partial charge < -0.3 is 25.8 Å². The van der Waals surface area contributed by atoms with Crippen molar-refractivity contribution < 1.29 is 19.0 Å². The first-order valence-electron chi connectivity index (χ1n) is 14.6. The van der Waals surface area contributed by atoms with Gasteiger partial charge in [0.15, 0.2) is 5.82 Å². The molecule has 1 unspecified atom stereocenters. The van der Waals surface area contributed by atoms with Crippen molar-refractivity contribution in [2.45, 2.75) is 32.0 Å². The van der Waals surface area contributed by atoms with Crippen molar-refractivity contribution in [2.24, 2.45) is 0 Å². The van der Waals surface area contributed by atoms with Crippen molar-refractivity contribution in [2.75, 3.05) is 39.2 Å². The summed E-state index contributed by atoms with van der Waals surface area (Å²) < 4.78 is 21.0. The van der Waals surface area contributed by atoms with Crippen LogP contribution in [0.5, 0.6) is 5.88 Å². The molecule has 1 atom stereocenters. The molecule has 5 rings (SSSR count). The number of benzene rings is 2. The third kappa shape index (κ3) is 7.71. The first-order valence-corrected chi connectivity index (χ1v) is 15.4. The Balaban J connectivity index is 1.37. The van der Waals surface area contributed by atoms with Crippen LogP contribution < -0.4 is 20.7 Å². The molecule has 2 aromatic carbocycles. The summed E-state index contributed by atoms with van der Waals surface area (Å²) >= 11 is 13.8. The monoisotopic (exact) mass is 652 g/mol. The summed E-state index contributed by atoms with van der Waals surface area (Å²) in [5, 5.41) is 19.3. The van der Waals surface area contributed by atoms with Gasteiger partial charge in [0.05, 0.1) is 46.5 Å². The fraction of sp³-hybridized carbons (Fsp3) is 0.303. The number of hydrogen-bond donors (Lipinski definition) is 4. The van der Waals surface area contributed by atoms with Gasteiger partial charge in [-0.3, -0.25) is 14.7 Å². The van der Waals surface area contributed by atoms with E-state index in [9.17, 15) is 9.90 Å². The second kappa shape index (κ2) is 15.0. The van der Waals surface area contributed by atoms with Crippen molar-refractivity contribution in [3.63, 3.8) is 0 Å². The van der Waals surface area contributed by atoms with Crippen LogP contribution in [-0.4, -0.2) is 65.8 Å². The molecular weight excluding hydrogens is 618 g/mol.